The van der Waals surface area contributed by atoms with Gasteiger partial charge in [0.2, 0.25) is 0 Å². The summed E-state index contributed by atoms with van der Waals surface area (Å²) < 4.78 is 28.6. The number of amides is 1. The Kier molecular flexibility index (Phi) is 3.95. The molecule has 2 aromatic heterocycles. The van der Waals surface area contributed by atoms with Gasteiger partial charge in [-0.25, -0.2) is 9.87 Å². The number of fused-ring (bicyclic) bond motifs is 3. The third-order valence-electron chi connectivity index (χ3n) is 4.37. The Morgan fingerprint density at radius 1 is 1.44 bits per heavy atom. The molecule has 0 radical (unpaired) electrons. The van der Waals surface area contributed by atoms with Crippen molar-refractivity contribution in [3.63, 3.8) is 0 Å². The van der Waals surface area contributed by atoms with Gasteiger partial charge in [0.15, 0.2) is 4.90 Å². The first-order valence-electron chi connectivity index (χ1n) is 7.67. The predicted octanol–water partition coefficient (Wildman–Crippen LogP) is 2.01. The van der Waals surface area contributed by atoms with E-state index in [4.69, 9.17) is 5.21 Å². The molecule has 1 atom stereocenters. The molecule has 0 bridgehead atoms. The van der Waals surface area contributed by atoms with E-state index in [1.807, 2.05) is 28.8 Å². The van der Waals surface area contributed by atoms with E-state index >= 15 is 0 Å². The zero-order valence-corrected chi connectivity index (χ0v) is 13.8. The Morgan fingerprint density at radius 2 is 2.24 bits per heavy atom. The van der Waals surface area contributed by atoms with Gasteiger partial charge in [0.05, 0.1) is 34.4 Å². The molecule has 0 saturated heterocycles. The lowest BCUT2D eigenvalue weighted by Gasteiger charge is -2.09. The summed E-state index contributed by atoms with van der Waals surface area (Å²) in [7, 11) is 0. The van der Waals surface area contributed by atoms with Crippen LogP contribution in [0.25, 0.3) is 10.9 Å². The van der Waals surface area contributed by atoms with Crippen molar-refractivity contribution >= 4 is 28.0 Å². The number of nitrogens with zero attached hydrogens (tertiary/aromatic N) is 2. The Labute approximate surface area is 145 Å². The van der Waals surface area contributed by atoms with Gasteiger partial charge in [-0.05, 0) is 29.4 Å². The van der Waals surface area contributed by atoms with Crippen molar-refractivity contribution in [1.29, 1.82) is 0 Å². The van der Waals surface area contributed by atoms with Crippen molar-refractivity contribution in [2.45, 2.75) is 17.9 Å². The lowest BCUT2D eigenvalue weighted by Crippen LogP contribution is -2.19. The van der Waals surface area contributed by atoms with Crippen LogP contribution >= 0.6 is 0 Å². The standard InChI is InChI=1S/C17H14FN3O3S/c18-12-7-10(17(22)20-23)8-19-13(12)9-21-14-4-2-1-3-11(14)16-15(21)5-6-25(16)24/h1-4,7-8,23H,5-6,9H2,(H,20,22). The number of carbonyl (C=O) groups is 1. The summed E-state index contributed by atoms with van der Waals surface area (Å²) in [4.78, 5) is 16.2. The highest BCUT2D eigenvalue weighted by Crippen LogP contribution is 2.36. The fourth-order valence-corrected chi connectivity index (χ4v) is 4.70. The lowest BCUT2D eigenvalue weighted by atomic mass is 10.2. The Balaban J connectivity index is 1.79. The van der Waals surface area contributed by atoms with E-state index < -0.39 is 22.9 Å². The van der Waals surface area contributed by atoms with Crippen LogP contribution in [0.15, 0.2) is 41.4 Å². The first-order valence-corrected chi connectivity index (χ1v) is 8.99. The summed E-state index contributed by atoms with van der Waals surface area (Å²) >= 11 is -1.04. The number of benzene rings is 1. The van der Waals surface area contributed by atoms with E-state index in [1.165, 1.54) is 11.7 Å². The highest BCUT2D eigenvalue weighted by molar-refractivity contribution is 7.92. The molecule has 0 spiro atoms. The molecule has 0 aliphatic carbocycles. The number of nitrogens with one attached hydrogen (secondary N) is 1. The van der Waals surface area contributed by atoms with Gasteiger partial charge < -0.3 is 9.12 Å². The van der Waals surface area contributed by atoms with Gasteiger partial charge in [-0.1, -0.05) is 12.1 Å². The highest BCUT2D eigenvalue weighted by atomic mass is 32.2. The molecule has 1 unspecified atom stereocenters. The fourth-order valence-electron chi connectivity index (χ4n) is 3.22. The maximum absolute atomic E-state index is 14.4. The largest absolute Gasteiger partial charge is 0.611 e. The molecular formula is C17H14FN3O3S. The summed E-state index contributed by atoms with van der Waals surface area (Å²) in [5.41, 5.74) is 3.40. The number of aromatic nitrogens is 2. The van der Waals surface area contributed by atoms with Crippen molar-refractivity contribution in [2.24, 2.45) is 0 Å². The number of hydrogen-bond donors (Lipinski definition) is 2. The fraction of sp³-hybridized carbons (Fsp3) is 0.176. The molecule has 0 saturated carbocycles. The Bertz CT molecular complexity index is 989. The minimum atomic E-state index is -1.04. The highest BCUT2D eigenvalue weighted by Gasteiger charge is 2.32. The van der Waals surface area contributed by atoms with Crippen LogP contribution in [0, 0.1) is 5.82 Å². The average molecular weight is 359 g/mol. The molecular weight excluding hydrogens is 345 g/mol. The molecule has 1 aromatic carbocycles. The minimum absolute atomic E-state index is 0.0625. The van der Waals surface area contributed by atoms with E-state index in [9.17, 15) is 13.7 Å². The topological polar surface area (TPSA) is 90.2 Å². The maximum Gasteiger partial charge on any atom is 0.276 e. The first kappa shape index (κ1) is 16.1. The predicted molar refractivity (Wildman–Crippen MR) is 89.5 cm³/mol. The summed E-state index contributed by atoms with van der Waals surface area (Å²) in [6.07, 6.45) is 1.89. The van der Waals surface area contributed by atoms with Crippen LogP contribution in [0.4, 0.5) is 4.39 Å². The normalized spacial score (nSPS) is 16.2. The lowest BCUT2D eigenvalue weighted by molar-refractivity contribution is 0.0705. The van der Waals surface area contributed by atoms with Crippen molar-refractivity contribution in [3.8, 4) is 0 Å². The smallest absolute Gasteiger partial charge is 0.276 e. The van der Waals surface area contributed by atoms with Gasteiger partial charge in [0, 0.05) is 12.6 Å². The van der Waals surface area contributed by atoms with Crippen molar-refractivity contribution in [3.05, 3.63) is 59.3 Å². The number of halogens is 1. The first-order chi connectivity index (χ1) is 12.1. The molecule has 3 aromatic rings. The van der Waals surface area contributed by atoms with E-state index in [1.54, 1.807) is 0 Å². The van der Waals surface area contributed by atoms with Crippen LogP contribution in [0.3, 0.4) is 0 Å². The van der Waals surface area contributed by atoms with Crippen LogP contribution in [-0.2, 0) is 24.1 Å². The van der Waals surface area contributed by atoms with E-state index in [0.717, 1.165) is 27.6 Å². The zero-order valence-electron chi connectivity index (χ0n) is 13.0. The third kappa shape index (κ3) is 2.58. The van der Waals surface area contributed by atoms with Gasteiger partial charge >= 0.3 is 0 Å². The van der Waals surface area contributed by atoms with Crippen LogP contribution in [-0.4, -0.2) is 31.0 Å². The van der Waals surface area contributed by atoms with Crippen LogP contribution < -0.4 is 5.48 Å². The van der Waals surface area contributed by atoms with Gasteiger partial charge in [0.1, 0.15) is 11.6 Å². The van der Waals surface area contributed by atoms with Gasteiger partial charge in [-0.15, -0.1) is 0 Å². The van der Waals surface area contributed by atoms with Crippen LogP contribution in [0.1, 0.15) is 21.7 Å². The monoisotopic (exact) mass is 359 g/mol. The number of carbonyl (C=O) groups excluding carboxylic acids is 1. The van der Waals surface area contributed by atoms with Crippen molar-refractivity contribution in [2.75, 3.05) is 5.75 Å². The van der Waals surface area contributed by atoms with E-state index in [0.29, 0.717) is 12.2 Å². The van der Waals surface area contributed by atoms with Gasteiger partial charge in [0.25, 0.3) is 5.91 Å². The second-order valence-corrected chi connectivity index (χ2v) is 7.28. The molecule has 0 fully saturated rings. The molecule has 8 heteroatoms. The van der Waals surface area contributed by atoms with Gasteiger partial charge in [-0.3, -0.25) is 15.0 Å². The summed E-state index contributed by atoms with van der Waals surface area (Å²) in [6, 6.07) is 8.65. The van der Waals surface area contributed by atoms with Crippen LogP contribution in [0.5, 0.6) is 0 Å². The number of rotatable bonds is 3. The van der Waals surface area contributed by atoms with E-state index in [2.05, 4.69) is 4.98 Å². The number of pyridine rings is 1. The molecule has 1 aliphatic heterocycles. The summed E-state index contributed by atoms with van der Waals surface area (Å²) in [5.74, 6) is -0.881. The molecule has 4 rings (SSSR count). The number of hydroxylamine groups is 1. The summed E-state index contributed by atoms with van der Waals surface area (Å²) in [5, 5.41) is 9.54. The molecule has 1 aliphatic rings. The van der Waals surface area contributed by atoms with Crippen molar-refractivity contribution < 1.29 is 18.9 Å². The molecule has 25 heavy (non-hydrogen) atoms. The minimum Gasteiger partial charge on any atom is -0.611 e. The average Bonchev–Trinajstić information content (AvgIpc) is 3.15. The molecule has 128 valence electrons. The Morgan fingerprint density at radius 3 is 3.00 bits per heavy atom. The second-order valence-electron chi connectivity index (χ2n) is 5.77. The van der Waals surface area contributed by atoms with Gasteiger partial charge in [-0.2, -0.15) is 0 Å². The number of hydrogen-bond acceptors (Lipinski definition) is 4. The second kappa shape index (κ2) is 6.14. The third-order valence-corrected chi connectivity index (χ3v) is 5.85. The number of para-hydroxylation sites is 1. The van der Waals surface area contributed by atoms with Crippen molar-refractivity contribution in [1.82, 2.24) is 15.0 Å². The summed E-state index contributed by atoms with van der Waals surface area (Å²) in [6.45, 7) is 0.180. The molecule has 1 amide bonds. The molecule has 2 N–H and O–H groups in total. The SMILES string of the molecule is O=C(NO)c1cnc(Cn2c3c(c4ccccc42)[S+]([O-])CC3)c(F)c1. The van der Waals surface area contributed by atoms with Crippen LogP contribution in [0.2, 0.25) is 0 Å². The molecule has 6 nitrogen and oxygen atoms in total. The zero-order chi connectivity index (χ0) is 17.6. The quantitative estimate of drug-likeness (QED) is 0.425. The maximum atomic E-state index is 14.4. The molecule has 3 heterocycles. The van der Waals surface area contributed by atoms with E-state index in [-0.39, 0.29) is 17.8 Å². The Hall–Kier alpha value is -2.42.